The smallest absolute Gasteiger partial charge is 0.172 e. The minimum Gasteiger partial charge on any atom is -0.246 e. The van der Waals surface area contributed by atoms with Gasteiger partial charge in [0, 0.05) is 12.7 Å². The maximum Gasteiger partial charge on any atom is 0.172 e. The largest absolute Gasteiger partial charge is 0.246 e. The molecule has 0 fully saturated rings. The number of nitriles is 1. The highest BCUT2D eigenvalue weighted by Gasteiger charge is 2.08. The Morgan fingerprint density at radius 1 is 1.62 bits per heavy atom. The Kier molecular flexibility index (Phi) is 1.71. The molecule has 2 aromatic heterocycles. The molecule has 0 radical (unpaired) electrons. The third kappa shape index (κ3) is 1.05. The van der Waals surface area contributed by atoms with E-state index in [1.807, 2.05) is 19.1 Å². The van der Waals surface area contributed by atoms with Crippen LogP contribution in [0.3, 0.4) is 0 Å². The van der Waals surface area contributed by atoms with E-state index in [-0.39, 0.29) is 0 Å². The number of rotatable bonds is 1. The van der Waals surface area contributed by atoms with Crippen molar-refractivity contribution >= 4 is 11.0 Å². The summed E-state index contributed by atoms with van der Waals surface area (Å²) in [6.45, 7) is 2.71. The van der Waals surface area contributed by atoms with Crippen molar-refractivity contribution in [1.29, 1.82) is 5.26 Å². The van der Waals surface area contributed by atoms with E-state index in [0.717, 1.165) is 17.6 Å². The highest BCUT2D eigenvalue weighted by atomic mass is 15.3. The molecule has 2 rings (SSSR count). The number of fused-ring (bicyclic) bond motifs is 1. The molecule has 0 atom stereocenters. The highest BCUT2D eigenvalue weighted by Crippen LogP contribution is 2.14. The van der Waals surface area contributed by atoms with Crippen molar-refractivity contribution in [3.05, 3.63) is 24.0 Å². The van der Waals surface area contributed by atoms with Gasteiger partial charge in [0.05, 0.1) is 5.39 Å². The highest BCUT2D eigenvalue weighted by molar-refractivity contribution is 5.80. The number of hydrogen-bond donors (Lipinski definition) is 0. The van der Waals surface area contributed by atoms with Crippen LogP contribution >= 0.6 is 0 Å². The Hall–Kier alpha value is -1.89. The van der Waals surface area contributed by atoms with Crippen LogP contribution < -0.4 is 0 Å². The zero-order valence-electron chi connectivity index (χ0n) is 7.23. The van der Waals surface area contributed by atoms with Gasteiger partial charge in [-0.2, -0.15) is 10.4 Å². The average Bonchev–Trinajstić information content (AvgIpc) is 2.56. The van der Waals surface area contributed by atoms with E-state index >= 15 is 0 Å². The van der Waals surface area contributed by atoms with E-state index in [0.29, 0.717) is 5.69 Å². The van der Waals surface area contributed by atoms with E-state index in [9.17, 15) is 0 Å². The van der Waals surface area contributed by atoms with Crippen LogP contribution in [0.1, 0.15) is 12.6 Å². The fourth-order valence-corrected chi connectivity index (χ4v) is 1.31. The molecule has 0 aromatic carbocycles. The second-order valence-electron chi connectivity index (χ2n) is 2.65. The van der Waals surface area contributed by atoms with Crippen molar-refractivity contribution in [2.45, 2.75) is 13.5 Å². The van der Waals surface area contributed by atoms with Crippen LogP contribution in [0.4, 0.5) is 0 Å². The fraction of sp³-hybridized carbons (Fsp3) is 0.222. The zero-order chi connectivity index (χ0) is 9.26. The SMILES string of the molecule is CCn1nc(C#N)c2cccnc21. The minimum atomic E-state index is 0.449. The van der Waals surface area contributed by atoms with Gasteiger partial charge in [0.25, 0.3) is 0 Å². The lowest BCUT2D eigenvalue weighted by Crippen LogP contribution is -1.97. The lowest BCUT2D eigenvalue weighted by Gasteiger charge is -1.94. The monoisotopic (exact) mass is 172 g/mol. The molecule has 0 bridgehead atoms. The molecule has 0 saturated heterocycles. The molecule has 0 aliphatic rings. The van der Waals surface area contributed by atoms with Crippen LogP contribution in [0.25, 0.3) is 11.0 Å². The summed E-state index contributed by atoms with van der Waals surface area (Å²) >= 11 is 0. The number of aromatic nitrogens is 3. The second kappa shape index (κ2) is 2.87. The van der Waals surface area contributed by atoms with Gasteiger partial charge in [0.2, 0.25) is 0 Å². The molecule has 4 heteroatoms. The molecule has 13 heavy (non-hydrogen) atoms. The Morgan fingerprint density at radius 3 is 3.15 bits per heavy atom. The van der Waals surface area contributed by atoms with Crippen LogP contribution in [-0.2, 0) is 6.54 Å². The average molecular weight is 172 g/mol. The molecule has 0 amide bonds. The van der Waals surface area contributed by atoms with Crippen molar-refractivity contribution < 1.29 is 0 Å². The molecule has 0 unspecified atom stereocenters. The van der Waals surface area contributed by atoms with E-state index in [1.54, 1.807) is 10.9 Å². The molecule has 2 aromatic rings. The van der Waals surface area contributed by atoms with Gasteiger partial charge in [-0.1, -0.05) is 0 Å². The first-order valence-electron chi connectivity index (χ1n) is 4.08. The van der Waals surface area contributed by atoms with Crippen LogP contribution in [-0.4, -0.2) is 14.8 Å². The van der Waals surface area contributed by atoms with Crippen molar-refractivity contribution in [3.8, 4) is 6.07 Å². The second-order valence-corrected chi connectivity index (χ2v) is 2.65. The Morgan fingerprint density at radius 2 is 2.46 bits per heavy atom. The van der Waals surface area contributed by atoms with Crippen LogP contribution in [0, 0.1) is 11.3 Å². The predicted molar refractivity (Wildman–Crippen MR) is 47.9 cm³/mol. The standard InChI is InChI=1S/C9H8N4/c1-2-13-9-7(4-3-5-11-9)8(6-10)12-13/h3-5H,2H2,1H3. The van der Waals surface area contributed by atoms with Gasteiger partial charge < -0.3 is 0 Å². The fourth-order valence-electron chi connectivity index (χ4n) is 1.31. The van der Waals surface area contributed by atoms with E-state index in [2.05, 4.69) is 16.2 Å². The topological polar surface area (TPSA) is 54.5 Å². The zero-order valence-corrected chi connectivity index (χ0v) is 7.23. The third-order valence-corrected chi connectivity index (χ3v) is 1.91. The maximum atomic E-state index is 8.79. The number of nitrogens with zero attached hydrogens (tertiary/aromatic N) is 4. The summed E-state index contributed by atoms with van der Waals surface area (Å²) in [6.07, 6.45) is 1.71. The summed E-state index contributed by atoms with van der Waals surface area (Å²) in [4.78, 5) is 4.17. The summed E-state index contributed by atoms with van der Waals surface area (Å²) in [7, 11) is 0. The van der Waals surface area contributed by atoms with E-state index < -0.39 is 0 Å². The molecule has 0 aliphatic heterocycles. The minimum absolute atomic E-state index is 0.449. The Labute approximate surface area is 75.4 Å². The van der Waals surface area contributed by atoms with Gasteiger partial charge >= 0.3 is 0 Å². The molecule has 2 heterocycles. The van der Waals surface area contributed by atoms with Gasteiger partial charge in [0.1, 0.15) is 6.07 Å². The summed E-state index contributed by atoms with van der Waals surface area (Å²) in [5.74, 6) is 0. The summed E-state index contributed by atoms with van der Waals surface area (Å²) in [5.41, 5.74) is 1.23. The van der Waals surface area contributed by atoms with E-state index in [1.165, 1.54) is 0 Å². The van der Waals surface area contributed by atoms with Gasteiger partial charge in [-0.15, -0.1) is 0 Å². The van der Waals surface area contributed by atoms with Gasteiger partial charge in [0.15, 0.2) is 11.3 Å². The van der Waals surface area contributed by atoms with Crippen molar-refractivity contribution in [3.63, 3.8) is 0 Å². The molecule has 64 valence electrons. The lowest BCUT2D eigenvalue weighted by molar-refractivity contribution is 0.674. The van der Waals surface area contributed by atoms with Crippen LogP contribution in [0.15, 0.2) is 18.3 Å². The molecular formula is C9H8N4. The normalized spacial score (nSPS) is 10.2. The quantitative estimate of drug-likeness (QED) is 0.651. The first-order valence-corrected chi connectivity index (χ1v) is 4.08. The molecular weight excluding hydrogens is 164 g/mol. The van der Waals surface area contributed by atoms with Crippen LogP contribution in [0.2, 0.25) is 0 Å². The number of hydrogen-bond acceptors (Lipinski definition) is 3. The predicted octanol–water partition coefficient (Wildman–Crippen LogP) is 1.32. The Balaban J connectivity index is 2.84. The molecule has 0 aliphatic carbocycles. The van der Waals surface area contributed by atoms with Crippen molar-refractivity contribution in [2.24, 2.45) is 0 Å². The molecule has 0 saturated carbocycles. The molecule has 0 N–H and O–H groups in total. The van der Waals surface area contributed by atoms with E-state index in [4.69, 9.17) is 5.26 Å². The maximum absolute atomic E-state index is 8.79. The van der Waals surface area contributed by atoms with Gasteiger partial charge in [-0.3, -0.25) is 0 Å². The Bertz CT molecular complexity index is 478. The summed E-state index contributed by atoms with van der Waals surface area (Å²) < 4.78 is 1.73. The number of pyridine rings is 1. The molecule has 0 spiro atoms. The summed E-state index contributed by atoms with van der Waals surface area (Å²) in [5, 5.41) is 13.7. The van der Waals surface area contributed by atoms with Crippen LogP contribution in [0.5, 0.6) is 0 Å². The number of aryl methyl sites for hydroxylation is 1. The lowest BCUT2D eigenvalue weighted by atomic mass is 10.3. The molecule has 4 nitrogen and oxygen atoms in total. The first-order chi connectivity index (χ1) is 6.36. The third-order valence-electron chi connectivity index (χ3n) is 1.91. The first kappa shape index (κ1) is 7.74. The van der Waals surface area contributed by atoms with Crippen molar-refractivity contribution in [1.82, 2.24) is 14.8 Å². The van der Waals surface area contributed by atoms with Gasteiger partial charge in [-0.05, 0) is 19.1 Å². The van der Waals surface area contributed by atoms with Gasteiger partial charge in [-0.25, -0.2) is 9.67 Å². The van der Waals surface area contributed by atoms with Crippen molar-refractivity contribution in [2.75, 3.05) is 0 Å². The summed E-state index contributed by atoms with van der Waals surface area (Å²) in [6, 6.07) is 5.72.